The normalized spacial score (nSPS) is 10.8. The summed E-state index contributed by atoms with van der Waals surface area (Å²) < 4.78 is 7.12. The molecule has 2 heterocycles. The van der Waals surface area contributed by atoms with Crippen LogP contribution in [0.2, 0.25) is 0 Å². The highest BCUT2D eigenvalue weighted by Crippen LogP contribution is 2.25. The molecular formula is C21H19N5O2S. The number of pyridine rings is 1. The van der Waals surface area contributed by atoms with E-state index in [9.17, 15) is 4.79 Å². The molecule has 0 radical (unpaired) electrons. The Kier molecular flexibility index (Phi) is 5.44. The molecule has 0 atom stereocenters. The number of aryl methyl sites for hydroxylation is 1. The molecule has 4 aromatic rings. The van der Waals surface area contributed by atoms with Crippen molar-refractivity contribution in [3.8, 4) is 11.4 Å². The van der Waals surface area contributed by atoms with Crippen LogP contribution < -0.4 is 10.1 Å². The topological polar surface area (TPSA) is 81.9 Å². The lowest BCUT2D eigenvalue weighted by molar-refractivity contribution is -0.113. The fraction of sp³-hybridized carbons (Fsp3) is 0.143. The van der Waals surface area contributed by atoms with Crippen molar-refractivity contribution in [3.05, 3.63) is 66.6 Å². The van der Waals surface area contributed by atoms with Crippen molar-refractivity contribution in [1.29, 1.82) is 0 Å². The highest BCUT2D eigenvalue weighted by Gasteiger charge is 2.14. The summed E-state index contributed by atoms with van der Waals surface area (Å²) >= 11 is 1.33. The predicted octanol–water partition coefficient (Wildman–Crippen LogP) is 3.86. The number of hydrogen-bond acceptors (Lipinski definition) is 6. The standard InChI is InChI=1S/C21H19N5O2S/c1-14-24-25-21(26(14)16-8-10-17(28-2)11-9-16)29-13-19(27)23-18-7-3-5-15-6-4-12-22-20(15)18/h3-12H,13H2,1-2H3,(H,23,27). The number of carbonyl (C=O) groups excluding carboxylic acids is 1. The second kappa shape index (κ2) is 8.32. The maximum Gasteiger partial charge on any atom is 0.234 e. The number of amides is 1. The van der Waals surface area contributed by atoms with E-state index in [-0.39, 0.29) is 11.7 Å². The molecule has 0 spiro atoms. The number of hydrogen-bond donors (Lipinski definition) is 1. The number of thioether (sulfide) groups is 1. The van der Waals surface area contributed by atoms with E-state index in [1.54, 1.807) is 13.3 Å². The zero-order valence-corrected chi connectivity index (χ0v) is 16.8. The second-order valence-electron chi connectivity index (χ2n) is 6.28. The molecule has 0 fully saturated rings. The quantitative estimate of drug-likeness (QED) is 0.491. The molecule has 0 unspecified atom stereocenters. The number of fused-ring (bicyclic) bond motifs is 1. The van der Waals surface area contributed by atoms with Crippen molar-refractivity contribution in [1.82, 2.24) is 19.7 Å². The van der Waals surface area contributed by atoms with Crippen molar-refractivity contribution in [2.75, 3.05) is 18.2 Å². The van der Waals surface area contributed by atoms with E-state index in [0.29, 0.717) is 10.8 Å². The van der Waals surface area contributed by atoms with Crippen LogP contribution in [-0.4, -0.2) is 38.5 Å². The molecular weight excluding hydrogens is 386 g/mol. The van der Waals surface area contributed by atoms with Gasteiger partial charge in [-0.2, -0.15) is 0 Å². The molecule has 1 N–H and O–H groups in total. The van der Waals surface area contributed by atoms with Crippen LogP contribution in [-0.2, 0) is 4.79 Å². The first-order valence-corrected chi connectivity index (χ1v) is 9.97. The first-order valence-electron chi connectivity index (χ1n) is 8.98. The Hall–Kier alpha value is -3.39. The summed E-state index contributed by atoms with van der Waals surface area (Å²) in [6, 6.07) is 17.2. The zero-order valence-electron chi connectivity index (χ0n) is 16.0. The van der Waals surface area contributed by atoms with E-state index in [4.69, 9.17) is 4.74 Å². The Labute approximate surface area is 172 Å². The fourth-order valence-electron chi connectivity index (χ4n) is 2.99. The largest absolute Gasteiger partial charge is 0.497 e. The summed E-state index contributed by atoms with van der Waals surface area (Å²) in [4.78, 5) is 16.9. The van der Waals surface area contributed by atoms with Gasteiger partial charge in [0, 0.05) is 17.3 Å². The van der Waals surface area contributed by atoms with Gasteiger partial charge in [-0.3, -0.25) is 14.3 Å². The number of ether oxygens (including phenoxy) is 1. The van der Waals surface area contributed by atoms with Gasteiger partial charge in [-0.1, -0.05) is 30.0 Å². The minimum atomic E-state index is -0.130. The summed E-state index contributed by atoms with van der Waals surface area (Å²) in [5, 5.41) is 12.9. The van der Waals surface area contributed by atoms with Crippen LogP contribution in [0.15, 0.2) is 66.0 Å². The molecule has 2 aromatic carbocycles. The van der Waals surface area contributed by atoms with Gasteiger partial charge in [0.2, 0.25) is 5.91 Å². The van der Waals surface area contributed by atoms with Crippen LogP contribution in [0.3, 0.4) is 0 Å². The molecule has 29 heavy (non-hydrogen) atoms. The van der Waals surface area contributed by atoms with E-state index in [0.717, 1.165) is 28.2 Å². The van der Waals surface area contributed by atoms with Crippen LogP contribution in [0.4, 0.5) is 5.69 Å². The maximum atomic E-state index is 12.5. The van der Waals surface area contributed by atoms with Crippen molar-refractivity contribution < 1.29 is 9.53 Å². The van der Waals surface area contributed by atoms with Gasteiger partial charge in [0.05, 0.1) is 24.1 Å². The number of nitrogens with one attached hydrogen (secondary N) is 1. The molecule has 2 aromatic heterocycles. The molecule has 8 heteroatoms. The van der Waals surface area contributed by atoms with Crippen molar-refractivity contribution in [2.45, 2.75) is 12.1 Å². The zero-order chi connectivity index (χ0) is 20.2. The van der Waals surface area contributed by atoms with E-state index >= 15 is 0 Å². The van der Waals surface area contributed by atoms with Crippen LogP contribution in [0.5, 0.6) is 5.75 Å². The number of nitrogens with zero attached hydrogens (tertiary/aromatic N) is 4. The van der Waals surface area contributed by atoms with Crippen molar-refractivity contribution in [2.24, 2.45) is 0 Å². The monoisotopic (exact) mass is 405 g/mol. The van der Waals surface area contributed by atoms with Gasteiger partial charge in [0.15, 0.2) is 5.16 Å². The highest BCUT2D eigenvalue weighted by atomic mass is 32.2. The van der Waals surface area contributed by atoms with Gasteiger partial charge in [-0.25, -0.2) is 0 Å². The van der Waals surface area contributed by atoms with Gasteiger partial charge in [-0.05, 0) is 43.3 Å². The Morgan fingerprint density at radius 2 is 1.90 bits per heavy atom. The first-order chi connectivity index (χ1) is 14.2. The Morgan fingerprint density at radius 1 is 1.10 bits per heavy atom. The number of aromatic nitrogens is 4. The molecule has 7 nitrogen and oxygen atoms in total. The SMILES string of the molecule is COc1ccc(-n2c(C)nnc2SCC(=O)Nc2cccc3cccnc23)cc1. The van der Waals surface area contributed by atoms with E-state index in [2.05, 4.69) is 20.5 Å². The summed E-state index contributed by atoms with van der Waals surface area (Å²) in [5.74, 6) is 1.60. The molecule has 0 saturated carbocycles. The average Bonchev–Trinajstić information content (AvgIpc) is 3.13. The second-order valence-corrected chi connectivity index (χ2v) is 7.22. The summed E-state index contributed by atoms with van der Waals surface area (Å²) in [7, 11) is 1.63. The Morgan fingerprint density at radius 3 is 2.69 bits per heavy atom. The van der Waals surface area contributed by atoms with Crippen LogP contribution in [0, 0.1) is 6.92 Å². The van der Waals surface area contributed by atoms with Gasteiger partial charge >= 0.3 is 0 Å². The lowest BCUT2D eigenvalue weighted by atomic mass is 10.2. The molecule has 146 valence electrons. The van der Waals surface area contributed by atoms with Crippen LogP contribution >= 0.6 is 11.8 Å². The number of carbonyl (C=O) groups is 1. The van der Waals surface area contributed by atoms with Crippen molar-refractivity contribution in [3.63, 3.8) is 0 Å². The van der Waals surface area contributed by atoms with E-state index in [1.807, 2.05) is 66.1 Å². The predicted molar refractivity (Wildman–Crippen MR) is 114 cm³/mol. The van der Waals surface area contributed by atoms with Crippen LogP contribution in [0.25, 0.3) is 16.6 Å². The summed E-state index contributed by atoms with van der Waals surface area (Å²) in [6.45, 7) is 1.88. The number of para-hydroxylation sites is 1. The lowest BCUT2D eigenvalue weighted by Crippen LogP contribution is -2.15. The van der Waals surface area contributed by atoms with E-state index in [1.165, 1.54) is 11.8 Å². The number of benzene rings is 2. The van der Waals surface area contributed by atoms with Gasteiger partial charge < -0.3 is 10.1 Å². The van der Waals surface area contributed by atoms with Gasteiger partial charge in [0.25, 0.3) is 0 Å². The molecule has 0 saturated heterocycles. The van der Waals surface area contributed by atoms with Crippen molar-refractivity contribution >= 4 is 34.3 Å². The number of anilines is 1. The molecule has 1 amide bonds. The van der Waals surface area contributed by atoms with E-state index < -0.39 is 0 Å². The lowest BCUT2D eigenvalue weighted by Gasteiger charge is -2.10. The third-order valence-electron chi connectivity index (χ3n) is 4.36. The molecule has 0 aliphatic heterocycles. The first kappa shape index (κ1) is 18.9. The average molecular weight is 405 g/mol. The third-order valence-corrected chi connectivity index (χ3v) is 5.29. The smallest absolute Gasteiger partial charge is 0.234 e. The molecule has 0 bridgehead atoms. The van der Waals surface area contributed by atoms with Gasteiger partial charge in [-0.15, -0.1) is 10.2 Å². The fourth-order valence-corrected chi connectivity index (χ4v) is 3.78. The Bertz CT molecular complexity index is 1150. The molecule has 0 aliphatic carbocycles. The van der Waals surface area contributed by atoms with Crippen LogP contribution in [0.1, 0.15) is 5.82 Å². The number of rotatable bonds is 6. The minimum absolute atomic E-state index is 0.130. The molecule has 4 rings (SSSR count). The highest BCUT2D eigenvalue weighted by molar-refractivity contribution is 7.99. The number of methoxy groups -OCH3 is 1. The third kappa shape index (κ3) is 4.07. The minimum Gasteiger partial charge on any atom is -0.497 e. The van der Waals surface area contributed by atoms with Gasteiger partial charge in [0.1, 0.15) is 11.6 Å². The summed E-state index contributed by atoms with van der Waals surface area (Å²) in [5.41, 5.74) is 2.38. The summed E-state index contributed by atoms with van der Waals surface area (Å²) in [6.07, 6.45) is 1.72. The molecule has 0 aliphatic rings. The Balaban J connectivity index is 1.48. The maximum absolute atomic E-state index is 12.5.